The van der Waals surface area contributed by atoms with Crippen LogP contribution in [0.2, 0.25) is 0 Å². The lowest BCUT2D eigenvalue weighted by Crippen LogP contribution is -2.27. The number of hydrogen-bond acceptors (Lipinski definition) is 3. The lowest BCUT2D eigenvalue weighted by molar-refractivity contribution is 0.0784. The zero-order valence-corrected chi connectivity index (χ0v) is 12.1. The number of aliphatic hydroxyl groups excluding tert-OH is 1. The van der Waals surface area contributed by atoms with Crippen LogP contribution in [0.15, 0.2) is 41.0 Å². The molecule has 0 radical (unpaired) electrons. The largest absolute Gasteiger partial charge is 0.469 e. The third kappa shape index (κ3) is 3.53. The van der Waals surface area contributed by atoms with Crippen molar-refractivity contribution in [2.45, 2.75) is 13.5 Å². The van der Waals surface area contributed by atoms with E-state index in [1.165, 1.54) is 0 Å². The van der Waals surface area contributed by atoms with Crippen LogP contribution in [0.4, 0.5) is 0 Å². The minimum absolute atomic E-state index is 0.113. The molecule has 0 aliphatic heterocycles. The molecule has 2 aromatic rings. The Morgan fingerprint density at radius 1 is 1.33 bits per heavy atom. The standard InChI is InChI=1S/C17H17NO3/c1-13-15(9-11-21-13)12-18(2)17(20)16-8-4-3-6-14(16)7-5-10-19/h3-4,6,8-9,11,19H,10,12H2,1-2H3. The zero-order valence-electron chi connectivity index (χ0n) is 12.1. The summed E-state index contributed by atoms with van der Waals surface area (Å²) in [5.74, 6) is 6.07. The van der Waals surface area contributed by atoms with Crippen LogP contribution in [0.5, 0.6) is 0 Å². The van der Waals surface area contributed by atoms with Crippen LogP contribution < -0.4 is 0 Å². The highest BCUT2D eigenvalue weighted by atomic mass is 16.3. The number of benzene rings is 1. The van der Waals surface area contributed by atoms with E-state index in [2.05, 4.69) is 11.8 Å². The number of carbonyl (C=O) groups is 1. The van der Waals surface area contributed by atoms with E-state index in [-0.39, 0.29) is 12.5 Å². The predicted octanol–water partition coefficient (Wildman–Crippen LogP) is 2.20. The maximum Gasteiger partial charge on any atom is 0.255 e. The quantitative estimate of drug-likeness (QED) is 0.879. The molecule has 0 aliphatic rings. The van der Waals surface area contributed by atoms with Gasteiger partial charge >= 0.3 is 0 Å². The molecule has 108 valence electrons. The van der Waals surface area contributed by atoms with Crippen molar-refractivity contribution in [2.24, 2.45) is 0 Å². The molecule has 0 atom stereocenters. The first-order valence-electron chi connectivity index (χ1n) is 6.60. The van der Waals surface area contributed by atoms with Crippen LogP contribution in [0.3, 0.4) is 0 Å². The van der Waals surface area contributed by atoms with Crippen LogP contribution in [0.1, 0.15) is 27.2 Å². The summed E-state index contributed by atoms with van der Waals surface area (Å²) in [6.07, 6.45) is 1.61. The summed E-state index contributed by atoms with van der Waals surface area (Å²) in [6, 6.07) is 8.98. The van der Waals surface area contributed by atoms with E-state index < -0.39 is 0 Å². The molecule has 0 saturated carbocycles. The zero-order chi connectivity index (χ0) is 15.2. The SMILES string of the molecule is Cc1occc1CN(C)C(=O)c1ccccc1C#CCO. The average Bonchev–Trinajstić information content (AvgIpc) is 2.90. The topological polar surface area (TPSA) is 53.7 Å². The highest BCUT2D eigenvalue weighted by molar-refractivity contribution is 5.96. The van der Waals surface area contributed by atoms with Crippen LogP contribution in [-0.4, -0.2) is 29.6 Å². The molecule has 4 nitrogen and oxygen atoms in total. The Morgan fingerprint density at radius 3 is 2.76 bits per heavy atom. The van der Waals surface area contributed by atoms with Crippen LogP contribution in [0, 0.1) is 18.8 Å². The van der Waals surface area contributed by atoms with Gasteiger partial charge in [0.1, 0.15) is 12.4 Å². The van der Waals surface area contributed by atoms with Gasteiger partial charge in [-0.25, -0.2) is 0 Å². The second kappa shape index (κ2) is 6.78. The molecular weight excluding hydrogens is 266 g/mol. The Kier molecular flexibility index (Phi) is 4.81. The molecule has 0 unspecified atom stereocenters. The monoisotopic (exact) mass is 283 g/mol. The van der Waals surface area contributed by atoms with Crippen molar-refractivity contribution < 1.29 is 14.3 Å². The van der Waals surface area contributed by atoms with Gasteiger partial charge in [-0.05, 0) is 25.1 Å². The minimum atomic E-state index is -0.230. The van der Waals surface area contributed by atoms with Gasteiger partial charge in [-0.15, -0.1) is 0 Å². The van der Waals surface area contributed by atoms with Crippen LogP contribution in [0.25, 0.3) is 0 Å². The highest BCUT2D eigenvalue weighted by Gasteiger charge is 2.16. The minimum Gasteiger partial charge on any atom is -0.469 e. The molecule has 1 aromatic heterocycles. The Morgan fingerprint density at radius 2 is 2.10 bits per heavy atom. The Hall–Kier alpha value is -2.51. The smallest absolute Gasteiger partial charge is 0.255 e. The van der Waals surface area contributed by atoms with E-state index >= 15 is 0 Å². The van der Waals surface area contributed by atoms with Crippen LogP contribution in [-0.2, 0) is 6.54 Å². The van der Waals surface area contributed by atoms with E-state index in [0.29, 0.717) is 17.7 Å². The maximum atomic E-state index is 12.5. The molecule has 2 rings (SSSR count). The number of nitrogens with zero attached hydrogens (tertiary/aromatic N) is 1. The number of furan rings is 1. The first-order valence-corrected chi connectivity index (χ1v) is 6.60. The Balaban J connectivity index is 2.21. The van der Waals surface area contributed by atoms with Gasteiger partial charge in [0.25, 0.3) is 5.91 Å². The molecule has 1 amide bonds. The molecule has 1 aromatic carbocycles. The van der Waals surface area contributed by atoms with Crippen molar-refractivity contribution in [3.05, 3.63) is 59.0 Å². The number of amides is 1. The van der Waals surface area contributed by atoms with E-state index in [4.69, 9.17) is 9.52 Å². The highest BCUT2D eigenvalue weighted by Crippen LogP contribution is 2.15. The number of hydrogen-bond donors (Lipinski definition) is 1. The number of rotatable bonds is 3. The van der Waals surface area contributed by atoms with E-state index in [1.807, 2.05) is 19.1 Å². The lowest BCUT2D eigenvalue weighted by atomic mass is 10.1. The first kappa shape index (κ1) is 14.9. The second-order valence-electron chi connectivity index (χ2n) is 4.67. The molecule has 4 heteroatoms. The van der Waals surface area contributed by atoms with Gasteiger partial charge in [0.2, 0.25) is 0 Å². The van der Waals surface area contributed by atoms with Gasteiger partial charge in [0.05, 0.1) is 11.8 Å². The van der Waals surface area contributed by atoms with E-state index in [0.717, 1.165) is 11.3 Å². The van der Waals surface area contributed by atoms with E-state index in [9.17, 15) is 4.79 Å². The van der Waals surface area contributed by atoms with Crippen molar-refractivity contribution >= 4 is 5.91 Å². The molecule has 0 fully saturated rings. The Labute approximate surface area is 124 Å². The van der Waals surface area contributed by atoms with Gasteiger partial charge in [-0.3, -0.25) is 4.79 Å². The Bertz CT molecular complexity index is 691. The molecule has 21 heavy (non-hydrogen) atoms. The van der Waals surface area contributed by atoms with Crippen LogP contribution >= 0.6 is 0 Å². The summed E-state index contributed by atoms with van der Waals surface area (Å²) in [5, 5.41) is 8.79. The maximum absolute atomic E-state index is 12.5. The second-order valence-corrected chi connectivity index (χ2v) is 4.67. The van der Waals surface area contributed by atoms with Crippen molar-refractivity contribution in [1.29, 1.82) is 0 Å². The summed E-state index contributed by atoms with van der Waals surface area (Å²) in [4.78, 5) is 14.2. The molecular formula is C17H17NO3. The number of aryl methyl sites for hydroxylation is 1. The molecule has 1 N–H and O–H groups in total. The normalized spacial score (nSPS) is 9.86. The number of aliphatic hydroxyl groups is 1. The summed E-state index contributed by atoms with van der Waals surface area (Å²) in [6.45, 7) is 2.11. The lowest BCUT2D eigenvalue weighted by Gasteiger charge is -2.17. The fourth-order valence-corrected chi connectivity index (χ4v) is 2.02. The predicted molar refractivity (Wildman–Crippen MR) is 79.6 cm³/mol. The summed E-state index contributed by atoms with van der Waals surface area (Å²) in [5.41, 5.74) is 2.12. The van der Waals surface area contributed by atoms with Gasteiger partial charge in [0, 0.05) is 24.7 Å². The van der Waals surface area contributed by atoms with E-state index in [1.54, 1.807) is 36.4 Å². The molecule has 0 saturated heterocycles. The molecule has 0 aliphatic carbocycles. The van der Waals surface area contributed by atoms with Gasteiger partial charge in [-0.1, -0.05) is 24.0 Å². The van der Waals surface area contributed by atoms with Gasteiger partial charge in [0.15, 0.2) is 0 Å². The summed E-state index contributed by atoms with van der Waals surface area (Å²) < 4.78 is 5.24. The first-order chi connectivity index (χ1) is 10.1. The number of carbonyl (C=O) groups excluding carboxylic acids is 1. The fraction of sp³-hybridized carbons (Fsp3) is 0.235. The van der Waals surface area contributed by atoms with Gasteiger partial charge in [-0.2, -0.15) is 0 Å². The van der Waals surface area contributed by atoms with Crippen molar-refractivity contribution in [1.82, 2.24) is 4.90 Å². The van der Waals surface area contributed by atoms with Crippen molar-refractivity contribution in [2.75, 3.05) is 13.7 Å². The molecule has 1 heterocycles. The van der Waals surface area contributed by atoms with Crippen molar-refractivity contribution in [3.63, 3.8) is 0 Å². The third-order valence-electron chi connectivity index (χ3n) is 3.18. The summed E-state index contributed by atoms with van der Waals surface area (Å²) in [7, 11) is 1.74. The fourth-order valence-electron chi connectivity index (χ4n) is 2.02. The molecule has 0 bridgehead atoms. The average molecular weight is 283 g/mol. The summed E-state index contributed by atoms with van der Waals surface area (Å²) >= 11 is 0. The molecule has 0 spiro atoms. The third-order valence-corrected chi connectivity index (χ3v) is 3.18. The van der Waals surface area contributed by atoms with Crippen molar-refractivity contribution in [3.8, 4) is 11.8 Å². The van der Waals surface area contributed by atoms with Gasteiger partial charge < -0.3 is 14.4 Å².